The molecule has 0 radical (unpaired) electrons. The van der Waals surface area contributed by atoms with E-state index in [1.807, 2.05) is 19.1 Å². The maximum Gasteiger partial charge on any atom is 0.407 e. The fourth-order valence-corrected chi connectivity index (χ4v) is 8.71. The minimum atomic E-state index is -3.63. The first-order chi connectivity index (χ1) is 19.7. The normalized spacial score (nSPS) is 21.9. The topological polar surface area (TPSA) is 149 Å². The van der Waals surface area contributed by atoms with Gasteiger partial charge < -0.3 is 20.1 Å². The van der Waals surface area contributed by atoms with E-state index < -0.39 is 38.8 Å². The van der Waals surface area contributed by atoms with E-state index in [0.717, 1.165) is 23.3 Å². The van der Waals surface area contributed by atoms with E-state index in [-0.39, 0.29) is 25.3 Å². The fraction of sp³-hybridized carbons (Fsp3) is 0.536. The van der Waals surface area contributed by atoms with Crippen LogP contribution in [0.2, 0.25) is 0 Å². The third-order valence-electron chi connectivity index (χ3n) is 7.04. The van der Waals surface area contributed by atoms with Crippen molar-refractivity contribution < 1.29 is 37.1 Å². The van der Waals surface area contributed by atoms with Crippen molar-refractivity contribution >= 4 is 44.8 Å². The molecule has 2 aliphatic rings. The predicted molar refractivity (Wildman–Crippen MR) is 155 cm³/mol. The van der Waals surface area contributed by atoms with Gasteiger partial charge in [0, 0.05) is 28.5 Å². The van der Waals surface area contributed by atoms with Crippen LogP contribution in [-0.2, 0) is 38.5 Å². The molecule has 2 aliphatic heterocycles. The second-order valence-electron chi connectivity index (χ2n) is 10.2. The fourth-order valence-electron chi connectivity index (χ4n) is 4.94. The lowest BCUT2D eigenvalue weighted by Crippen LogP contribution is -2.45. The summed E-state index contributed by atoms with van der Waals surface area (Å²) in [6, 6.07) is 10.7. The van der Waals surface area contributed by atoms with E-state index >= 15 is 0 Å². The zero-order chi connectivity index (χ0) is 29.3. The van der Waals surface area contributed by atoms with E-state index in [9.17, 15) is 22.8 Å². The number of amides is 3. The molecule has 224 valence electrons. The molecule has 2 saturated heterocycles. The van der Waals surface area contributed by atoms with Gasteiger partial charge in [-0.25, -0.2) is 23.5 Å². The molecule has 3 amide bonds. The first kappa shape index (κ1) is 30.9. The zero-order valence-electron chi connectivity index (χ0n) is 23.1. The number of nitrogens with one attached hydrogen (secondary N) is 3. The van der Waals surface area contributed by atoms with Crippen molar-refractivity contribution in [3.8, 4) is 10.4 Å². The van der Waals surface area contributed by atoms with Crippen LogP contribution in [0.1, 0.15) is 63.2 Å². The largest absolute Gasteiger partial charge is 0.450 e. The standard InChI is InChI=1S/C28H37N3O8S2/c1-2-14-38-27(34)29-19-25(33)30-21-9-7-8-20(17-21)22-11-12-23(40-22)28(13-4-6-16-41(28,35)36)18-24(32)31-39-26-10-3-5-15-37-26/h7-9,11-12,17,26H,2-6,10,13-16,18-19H2,1H3,(H,29,34)(H,30,33)(H,31,32)/t26?,28-/m0/s1. The number of carbonyl (C=O) groups excluding carboxylic acids is 3. The Kier molecular flexibility index (Phi) is 10.8. The Morgan fingerprint density at radius 1 is 1.10 bits per heavy atom. The van der Waals surface area contributed by atoms with Gasteiger partial charge >= 0.3 is 6.09 Å². The Bertz CT molecular complexity index is 1320. The Morgan fingerprint density at radius 3 is 2.71 bits per heavy atom. The molecular formula is C28H37N3O8S2. The minimum Gasteiger partial charge on any atom is -0.450 e. The number of benzene rings is 1. The van der Waals surface area contributed by atoms with E-state index in [1.54, 1.807) is 24.3 Å². The van der Waals surface area contributed by atoms with Gasteiger partial charge in [-0.05, 0) is 61.9 Å². The molecule has 0 spiro atoms. The monoisotopic (exact) mass is 607 g/mol. The molecule has 11 nitrogen and oxygen atoms in total. The van der Waals surface area contributed by atoms with Crippen molar-refractivity contribution in [2.45, 2.75) is 69.3 Å². The molecule has 4 rings (SSSR count). The van der Waals surface area contributed by atoms with Crippen molar-refractivity contribution in [2.24, 2.45) is 0 Å². The zero-order valence-corrected chi connectivity index (χ0v) is 24.7. The first-order valence-electron chi connectivity index (χ1n) is 13.9. The van der Waals surface area contributed by atoms with Gasteiger partial charge in [0.25, 0.3) is 0 Å². The summed E-state index contributed by atoms with van der Waals surface area (Å²) >= 11 is 1.32. The van der Waals surface area contributed by atoms with Gasteiger partial charge in [-0.1, -0.05) is 25.5 Å². The van der Waals surface area contributed by atoms with Crippen molar-refractivity contribution in [2.75, 3.05) is 30.8 Å². The van der Waals surface area contributed by atoms with Crippen molar-refractivity contribution in [3.05, 3.63) is 41.3 Å². The lowest BCUT2D eigenvalue weighted by molar-refractivity contribution is -0.200. The van der Waals surface area contributed by atoms with Crippen LogP contribution < -0.4 is 16.1 Å². The van der Waals surface area contributed by atoms with E-state index in [0.29, 0.717) is 49.3 Å². The highest BCUT2D eigenvalue weighted by Crippen LogP contribution is 2.47. The average molecular weight is 608 g/mol. The number of sulfone groups is 1. The molecule has 3 N–H and O–H groups in total. The Hall–Kier alpha value is -3.00. The first-order valence-corrected chi connectivity index (χ1v) is 16.4. The van der Waals surface area contributed by atoms with Gasteiger partial charge in [0.05, 0.1) is 18.8 Å². The lowest BCUT2D eigenvalue weighted by atomic mass is 9.94. The van der Waals surface area contributed by atoms with E-state index in [4.69, 9.17) is 14.3 Å². The molecule has 2 atom stereocenters. The molecule has 0 aliphatic carbocycles. The highest BCUT2D eigenvalue weighted by Gasteiger charge is 2.49. The summed E-state index contributed by atoms with van der Waals surface area (Å²) in [5.74, 6) is -0.903. The Morgan fingerprint density at radius 2 is 1.95 bits per heavy atom. The smallest absolute Gasteiger partial charge is 0.407 e. The number of alkyl carbamates (subject to hydrolysis) is 1. The van der Waals surface area contributed by atoms with Gasteiger partial charge in [-0.2, -0.15) is 0 Å². The summed E-state index contributed by atoms with van der Waals surface area (Å²) in [5, 5.41) is 5.15. The SMILES string of the molecule is CCCOC(=O)NCC(=O)Nc1cccc(-c2ccc([C@@]3(CC(=O)NOC4CCCCO4)CCCCS3(=O)=O)s2)c1. The van der Waals surface area contributed by atoms with E-state index in [2.05, 4.69) is 16.1 Å². The van der Waals surface area contributed by atoms with Crippen LogP contribution in [0.25, 0.3) is 10.4 Å². The van der Waals surface area contributed by atoms with Crippen molar-refractivity contribution in [1.82, 2.24) is 10.8 Å². The number of hydroxylamine groups is 1. The summed E-state index contributed by atoms with van der Waals surface area (Å²) < 4.78 is 36.1. The van der Waals surface area contributed by atoms with Gasteiger partial charge in [0.1, 0.15) is 11.3 Å². The average Bonchev–Trinajstić information content (AvgIpc) is 3.47. The second-order valence-corrected chi connectivity index (χ2v) is 13.7. The molecule has 2 fully saturated rings. The van der Waals surface area contributed by atoms with Gasteiger partial charge in [-0.3, -0.25) is 9.59 Å². The van der Waals surface area contributed by atoms with Crippen LogP contribution in [0.3, 0.4) is 0 Å². The van der Waals surface area contributed by atoms with Crippen LogP contribution in [0.5, 0.6) is 0 Å². The second kappa shape index (κ2) is 14.3. The molecule has 1 unspecified atom stereocenters. The highest BCUT2D eigenvalue weighted by atomic mass is 32.2. The Balaban J connectivity index is 1.46. The van der Waals surface area contributed by atoms with Crippen LogP contribution in [0.15, 0.2) is 36.4 Å². The number of rotatable bonds is 11. The molecule has 3 heterocycles. The van der Waals surface area contributed by atoms with Crippen molar-refractivity contribution in [1.29, 1.82) is 0 Å². The molecule has 41 heavy (non-hydrogen) atoms. The molecule has 0 bridgehead atoms. The molecule has 2 aromatic rings. The van der Waals surface area contributed by atoms with E-state index in [1.165, 1.54) is 11.3 Å². The minimum absolute atomic E-state index is 0.0155. The van der Waals surface area contributed by atoms with Crippen molar-refractivity contribution in [3.63, 3.8) is 0 Å². The number of hydrogen-bond donors (Lipinski definition) is 3. The predicted octanol–water partition coefficient (Wildman–Crippen LogP) is 4.25. The van der Waals surface area contributed by atoms with Gasteiger partial charge in [0.15, 0.2) is 16.1 Å². The molecule has 1 aromatic carbocycles. The number of ether oxygens (including phenoxy) is 2. The van der Waals surface area contributed by atoms with Crippen LogP contribution in [0.4, 0.5) is 10.5 Å². The molecule has 1 aromatic heterocycles. The van der Waals surface area contributed by atoms with Crippen LogP contribution in [0, 0.1) is 0 Å². The highest BCUT2D eigenvalue weighted by molar-refractivity contribution is 7.92. The summed E-state index contributed by atoms with van der Waals surface area (Å²) in [6.07, 6.45) is 3.38. The number of hydrogen-bond acceptors (Lipinski definition) is 9. The quantitative estimate of drug-likeness (QED) is 0.321. The third kappa shape index (κ3) is 8.06. The van der Waals surface area contributed by atoms with Crippen LogP contribution in [-0.4, -0.2) is 58.1 Å². The maximum absolute atomic E-state index is 13.5. The summed E-state index contributed by atoms with van der Waals surface area (Å²) in [5.41, 5.74) is 3.72. The van der Waals surface area contributed by atoms with Gasteiger partial charge in [-0.15, -0.1) is 11.3 Å². The number of anilines is 1. The molecular weight excluding hydrogens is 570 g/mol. The Labute approximate surface area is 244 Å². The van der Waals surface area contributed by atoms with Crippen LogP contribution >= 0.6 is 11.3 Å². The summed E-state index contributed by atoms with van der Waals surface area (Å²) in [4.78, 5) is 43.7. The molecule has 0 saturated carbocycles. The third-order valence-corrected chi connectivity index (χ3v) is 11.1. The lowest BCUT2D eigenvalue weighted by Gasteiger charge is -2.35. The summed E-state index contributed by atoms with van der Waals surface area (Å²) in [7, 11) is -3.63. The van der Waals surface area contributed by atoms with Gasteiger partial charge in [0.2, 0.25) is 11.8 Å². The molecule has 13 heteroatoms. The number of thiophene rings is 1. The number of carbonyl (C=O) groups is 3. The maximum atomic E-state index is 13.5. The summed E-state index contributed by atoms with van der Waals surface area (Å²) in [6.45, 7) is 2.47.